The average molecular weight is 348 g/mol. The van der Waals surface area contributed by atoms with E-state index >= 15 is 0 Å². The molecule has 1 unspecified atom stereocenters. The number of hydrogen-bond acceptors (Lipinski definition) is 4. The fourth-order valence-corrected chi connectivity index (χ4v) is 4.07. The molecule has 1 N–H and O–H groups in total. The Morgan fingerprint density at radius 2 is 2.04 bits per heavy atom. The first-order valence-corrected chi connectivity index (χ1v) is 9.81. The number of likely N-dealkylation sites (tertiary alicyclic amines) is 1. The van der Waals surface area contributed by atoms with E-state index in [1.165, 1.54) is 5.69 Å². The Balaban J connectivity index is 1.54. The summed E-state index contributed by atoms with van der Waals surface area (Å²) in [6, 6.07) is 0. The van der Waals surface area contributed by atoms with Crippen LogP contribution in [-0.2, 0) is 17.8 Å². The minimum Gasteiger partial charge on any atom is -0.346 e. The Labute approximate surface area is 151 Å². The minimum atomic E-state index is 0.200. The Kier molecular flexibility index (Phi) is 6.12. The van der Waals surface area contributed by atoms with Gasteiger partial charge in [-0.3, -0.25) is 9.69 Å². The van der Waals surface area contributed by atoms with E-state index in [4.69, 9.17) is 4.98 Å². The van der Waals surface area contributed by atoms with Gasteiger partial charge in [-0.2, -0.15) is 0 Å². The molecular weight excluding hydrogens is 314 g/mol. The van der Waals surface area contributed by atoms with Gasteiger partial charge in [0.25, 0.3) is 0 Å². The molecule has 2 aliphatic rings. The summed E-state index contributed by atoms with van der Waals surface area (Å²) in [6.07, 6.45) is 4.19. The molecule has 0 aliphatic carbocycles. The highest BCUT2D eigenvalue weighted by Gasteiger charge is 2.29. The van der Waals surface area contributed by atoms with E-state index < -0.39 is 0 Å². The Bertz CT molecular complexity index is 584. The first-order valence-electron chi connectivity index (χ1n) is 9.81. The van der Waals surface area contributed by atoms with Crippen molar-refractivity contribution in [2.75, 3.05) is 46.3 Å². The summed E-state index contributed by atoms with van der Waals surface area (Å²) in [5, 5.41) is 0. The van der Waals surface area contributed by atoms with Crippen molar-refractivity contribution in [1.82, 2.24) is 24.7 Å². The quantitative estimate of drug-likeness (QED) is 0.900. The predicted molar refractivity (Wildman–Crippen MR) is 99.4 cm³/mol. The van der Waals surface area contributed by atoms with Crippen LogP contribution in [-0.4, -0.2) is 76.9 Å². The lowest BCUT2D eigenvalue weighted by atomic mass is 9.97. The van der Waals surface area contributed by atoms with Crippen molar-refractivity contribution >= 4 is 5.91 Å². The van der Waals surface area contributed by atoms with Crippen LogP contribution in [0.15, 0.2) is 0 Å². The first kappa shape index (κ1) is 18.4. The zero-order chi connectivity index (χ0) is 17.8. The van der Waals surface area contributed by atoms with Crippen LogP contribution in [0.25, 0.3) is 0 Å². The number of carbonyl (C=O) groups excluding carboxylic acids is 1. The zero-order valence-corrected chi connectivity index (χ0v) is 16.1. The highest BCUT2D eigenvalue weighted by molar-refractivity contribution is 5.79. The SMILES string of the molecule is CCc1nc(CN2CCCN(C(=O)C3CCCN(C)C3)CC2)c(C)[nH]1. The Hall–Kier alpha value is -1.40. The molecule has 1 amide bonds. The number of piperidine rings is 1. The van der Waals surface area contributed by atoms with E-state index in [0.717, 1.165) is 83.0 Å². The standard InChI is InChI=1S/C19H33N5O/c1-4-18-20-15(2)17(21-18)14-23-9-6-10-24(12-11-23)19(25)16-7-5-8-22(3)13-16/h16H,4-14H2,1-3H3,(H,20,21). The molecule has 3 rings (SSSR count). The average Bonchev–Trinajstić information content (AvgIpc) is 2.81. The fourth-order valence-electron chi connectivity index (χ4n) is 4.07. The highest BCUT2D eigenvalue weighted by atomic mass is 16.2. The zero-order valence-electron chi connectivity index (χ0n) is 16.1. The van der Waals surface area contributed by atoms with Gasteiger partial charge in [-0.1, -0.05) is 6.92 Å². The second kappa shape index (κ2) is 8.32. The smallest absolute Gasteiger partial charge is 0.227 e. The van der Waals surface area contributed by atoms with Crippen LogP contribution in [0, 0.1) is 12.8 Å². The third kappa shape index (κ3) is 4.61. The van der Waals surface area contributed by atoms with Crippen molar-refractivity contribution in [1.29, 1.82) is 0 Å². The number of hydrogen-bond donors (Lipinski definition) is 1. The fraction of sp³-hybridized carbons (Fsp3) is 0.789. The second-order valence-electron chi connectivity index (χ2n) is 7.67. The van der Waals surface area contributed by atoms with Crippen LogP contribution >= 0.6 is 0 Å². The first-order chi connectivity index (χ1) is 12.1. The third-order valence-corrected chi connectivity index (χ3v) is 5.62. The van der Waals surface area contributed by atoms with Gasteiger partial charge in [0.2, 0.25) is 5.91 Å². The van der Waals surface area contributed by atoms with Crippen molar-refractivity contribution in [3.05, 3.63) is 17.2 Å². The van der Waals surface area contributed by atoms with E-state index in [1.54, 1.807) is 0 Å². The maximum Gasteiger partial charge on any atom is 0.227 e. The molecule has 1 atom stereocenters. The van der Waals surface area contributed by atoms with Crippen molar-refractivity contribution < 1.29 is 4.79 Å². The van der Waals surface area contributed by atoms with Crippen LogP contribution < -0.4 is 0 Å². The number of rotatable bonds is 4. The van der Waals surface area contributed by atoms with Gasteiger partial charge in [-0.05, 0) is 39.8 Å². The lowest BCUT2D eigenvalue weighted by Crippen LogP contribution is -2.44. The Morgan fingerprint density at radius 1 is 1.20 bits per heavy atom. The molecule has 0 spiro atoms. The minimum absolute atomic E-state index is 0.200. The summed E-state index contributed by atoms with van der Waals surface area (Å²) >= 11 is 0. The lowest BCUT2D eigenvalue weighted by molar-refractivity contribution is -0.137. The van der Waals surface area contributed by atoms with E-state index in [2.05, 4.69) is 40.6 Å². The molecule has 0 radical (unpaired) electrons. The van der Waals surface area contributed by atoms with Crippen molar-refractivity contribution in [3.8, 4) is 0 Å². The van der Waals surface area contributed by atoms with E-state index in [9.17, 15) is 4.79 Å². The maximum absolute atomic E-state index is 12.9. The van der Waals surface area contributed by atoms with E-state index in [1.807, 2.05) is 0 Å². The molecule has 25 heavy (non-hydrogen) atoms. The van der Waals surface area contributed by atoms with Crippen LogP contribution in [0.1, 0.15) is 43.4 Å². The maximum atomic E-state index is 12.9. The largest absolute Gasteiger partial charge is 0.346 e. The molecule has 2 saturated heterocycles. The number of carbonyl (C=O) groups is 1. The molecular formula is C19H33N5O. The summed E-state index contributed by atoms with van der Waals surface area (Å²) in [5.74, 6) is 1.64. The highest BCUT2D eigenvalue weighted by Crippen LogP contribution is 2.19. The molecule has 140 valence electrons. The van der Waals surface area contributed by atoms with Crippen LogP contribution in [0.2, 0.25) is 0 Å². The van der Waals surface area contributed by atoms with Crippen LogP contribution in [0.5, 0.6) is 0 Å². The van der Waals surface area contributed by atoms with E-state index in [0.29, 0.717) is 5.91 Å². The number of aromatic nitrogens is 2. The van der Waals surface area contributed by atoms with Gasteiger partial charge in [0.1, 0.15) is 5.82 Å². The van der Waals surface area contributed by atoms with Crippen molar-refractivity contribution in [2.24, 2.45) is 5.92 Å². The van der Waals surface area contributed by atoms with Gasteiger partial charge in [-0.25, -0.2) is 4.98 Å². The molecule has 0 bridgehead atoms. The van der Waals surface area contributed by atoms with Crippen molar-refractivity contribution in [2.45, 2.75) is 46.1 Å². The number of amides is 1. The summed E-state index contributed by atoms with van der Waals surface area (Å²) in [6.45, 7) is 10.9. The molecule has 1 aromatic heterocycles. The summed E-state index contributed by atoms with van der Waals surface area (Å²) in [5.41, 5.74) is 2.34. The monoisotopic (exact) mass is 347 g/mol. The number of aryl methyl sites for hydroxylation is 2. The molecule has 0 aromatic carbocycles. The summed E-state index contributed by atoms with van der Waals surface area (Å²) in [4.78, 5) is 27.8. The number of aromatic amines is 1. The normalized spacial score (nSPS) is 23.6. The molecule has 6 heteroatoms. The van der Waals surface area contributed by atoms with Gasteiger partial charge in [0, 0.05) is 51.4 Å². The van der Waals surface area contributed by atoms with Gasteiger partial charge in [0.15, 0.2) is 0 Å². The number of imidazole rings is 1. The molecule has 2 aliphatic heterocycles. The second-order valence-corrected chi connectivity index (χ2v) is 7.67. The molecule has 2 fully saturated rings. The molecule has 1 aromatic rings. The molecule has 6 nitrogen and oxygen atoms in total. The molecule has 3 heterocycles. The van der Waals surface area contributed by atoms with E-state index in [-0.39, 0.29) is 5.92 Å². The van der Waals surface area contributed by atoms with Gasteiger partial charge < -0.3 is 14.8 Å². The van der Waals surface area contributed by atoms with Crippen LogP contribution in [0.4, 0.5) is 0 Å². The number of nitrogens with one attached hydrogen (secondary N) is 1. The number of nitrogens with zero attached hydrogens (tertiary/aromatic N) is 4. The third-order valence-electron chi connectivity index (χ3n) is 5.62. The van der Waals surface area contributed by atoms with Gasteiger partial charge in [0.05, 0.1) is 11.6 Å². The Morgan fingerprint density at radius 3 is 2.76 bits per heavy atom. The summed E-state index contributed by atoms with van der Waals surface area (Å²) < 4.78 is 0. The number of H-pyrrole nitrogens is 1. The topological polar surface area (TPSA) is 55.5 Å². The van der Waals surface area contributed by atoms with Crippen LogP contribution in [0.3, 0.4) is 0 Å². The van der Waals surface area contributed by atoms with Crippen molar-refractivity contribution in [3.63, 3.8) is 0 Å². The lowest BCUT2D eigenvalue weighted by Gasteiger charge is -2.32. The molecule has 0 saturated carbocycles. The van der Waals surface area contributed by atoms with Gasteiger partial charge in [-0.15, -0.1) is 0 Å². The van der Waals surface area contributed by atoms with Gasteiger partial charge >= 0.3 is 0 Å². The predicted octanol–water partition coefficient (Wildman–Crippen LogP) is 1.66. The summed E-state index contributed by atoms with van der Waals surface area (Å²) in [7, 11) is 2.13.